The van der Waals surface area contributed by atoms with E-state index < -0.39 is 16.6 Å². The van der Waals surface area contributed by atoms with E-state index >= 15 is 0 Å². The first kappa shape index (κ1) is 13.2. The van der Waals surface area contributed by atoms with Gasteiger partial charge in [-0.2, -0.15) is 0 Å². The van der Waals surface area contributed by atoms with E-state index in [-0.39, 0.29) is 5.41 Å². The second kappa shape index (κ2) is 3.86. The zero-order chi connectivity index (χ0) is 12.9. The summed E-state index contributed by atoms with van der Waals surface area (Å²) in [5.41, 5.74) is -0.413. The number of methoxy groups -OCH3 is 1. The van der Waals surface area contributed by atoms with Crippen LogP contribution in [0.2, 0.25) is 0 Å². The Bertz CT molecular complexity index is 336. The highest BCUT2D eigenvalue weighted by atomic mass is 35.5. The molecule has 4 heteroatoms. The molecule has 2 aliphatic rings. The third-order valence-electron chi connectivity index (χ3n) is 4.17. The quantitative estimate of drug-likeness (QED) is 0.413. The molecule has 17 heavy (non-hydrogen) atoms. The van der Waals surface area contributed by atoms with Crippen LogP contribution in [0.25, 0.3) is 0 Å². The minimum absolute atomic E-state index is 0.0884. The van der Waals surface area contributed by atoms with Crippen LogP contribution in [-0.4, -0.2) is 23.7 Å². The Hall–Kier alpha value is -0.280. The highest BCUT2D eigenvalue weighted by molar-refractivity contribution is 6.36. The molecule has 3 nitrogen and oxygen atoms in total. The average Bonchev–Trinajstić information content (AvgIpc) is 2.83. The number of carbonyl (C=O) groups excluding carboxylic acids is 1. The van der Waals surface area contributed by atoms with Gasteiger partial charge in [0.25, 0.3) is 5.06 Å². The summed E-state index contributed by atoms with van der Waals surface area (Å²) in [6.45, 7) is 6.54. The fraction of sp³-hybridized carbons (Fsp3) is 0.923. The van der Waals surface area contributed by atoms with Gasteiger partial charge in [0.2, 0.25) is 0 Å². The van der Waals surface area contributed by atoms with Gasteiger partial charge in [0.05, 0.1) is 7.11 Å². The van der Waals surface area contributed by atoms with Gasteiger partial charge in [-0.15, -0.1) is 0 Å². The van der Waals surface area contributed by atoms with Crippen LogP contribution in [0.3, 0.4) is 0 Å². The van der Waals surface area contributed by atoms with Crippen molar-refractivity contribution < 1.29 is 14.3 Å². The van der Waals surface area contributed by atoms with Gasteiger partial charge in [0, 0.05) is 0 Å². The lowest BCUT2D eigenvalue weighted by Crippen LogP contribution is -2.44. The van der Waals surface area contributed by atoms with Gasteiger partial charge < -0.3 is 9.47 Å². The lowest BCUT2D eigenvalue weighted by Gasteiger charge is -2.39. The minimum atomic E-state index is -1.24. The minimum Gasteiger partial charge on any atom is -0.466 e. The topological polar surface area (TPSA) is 38.8 Å². The number of carbonyl (C=O) groups is 1. The summed E-state index contributed by atoms with van der Waals surface area (Å²) in [5.74, 6) is -0.143. The zero-order valence-electron chi connectivity index (χ0n) is 11.0. The second-order valence-electron chi connectivity index (χ2n) is 6.24. The molecular weight excluding hydrogens is 240 g/mol. The number of hydrogen-bond donors (Lipinski definition) is 0. The van der Waals surface area contributed by atoms with E-state index in [1.165, 1.54) is 13.5 Å². The smallest absolute Gasteiger partial charge is 0.357 e. The van der Waals surface area contributed by atoms with Crippen molar-refractivity contribution in [2.75, 3.05) is 7.11 Å². The number of esters is 1. The Labute approximate surface area is 108 Å². The summed E-state index contributed by atoms with van der Waals surface area (Å²) in [6.07, 6.45) is 4.17. The summed E-state index contributed by atoms with van der Waals surface area (Å²) in [5, 5.41) is -1.24. The van der Waals surface area contributed by atoms with Crippen molar-refractivity contribution in [3.05, 3.63) is 0 Å². The fourth-order valence-electron chi connectivity index (χ4n) is 3.35. The maximum absolute atomic E-state index is 11.8. The average molecular weight is 261 g/mol. The van der Waals surface area contributed by atoms with Crippen LogP contribution < -0.4 is 0 Å². The predicted octanol–water partition coefficient (Wildman–Crippen LogP) is 3.10. The molecule has 0 aromatic rings. The molecule has 0 radical (unpaired) electrons. The van der Waals surface area contributed by atoms with Crippen LogP contribution in [0, 0.1) is 11.3 Å². The summed E-state index contributed by atoms with van der Waals surface area (Å²) in [7, 11) is 1.36. The van der Waals surface area contributed by atoms with Crippen LogP contribution in [0.15, 0.2) is 0 Å². The molecule has 3 unspecified atom stereocenters. The van der Waals surface area contributed by atoms with Crippen molar-refractivity contribution in [2.45, 2.75) is 57.1 Å². The van der Waals surface area contributed by atoms with E-state index in [2.05, 4.69) is 20.8 Å². The number of epoxide rings is 1. The van der Waals surface area contributed by atoms with Gasteiger partial charge >= 0.3 is 5.97 Å². The van der Waals surface area contributed by atoms with Crippen LogP contribution in [0.5, 0.6) is 0 Å². The summed E-state index contributed by atoms with van der Waals surface area (Å²) >= 11 is 6.33. The highest BCUT2D eigenvalue weighted by Crippen LogP contribution is 2.65. The molecule has 1 saturated heterocycles. The van der Waals surface area contributed by atoms with E-state index in [0.29, 0.717) is 5.92 Å². The molecule has 98 valence electrons. The summed E-state index contributed by atoms with van der Waals surface area (Å²) in [4.78, 5) is 11.8. The molecule has 1 aliphatic carbocycles. The van der Waals surface area contributed by atoms with Crippen LogP contribution >= 0.6 is 11.6 Å². The van der Waals surface area contributed by atoms with Crippen molar-refractivity contribution >= 4 is 17.6 Å². The molecule has 1 spiro atoms. The monoisotopic (exact) mass is 260 g/mol. The largest absolute Gasteiger partial charge is 0.466 e. The first-order chi connectivity index (χ1) is 7.78. The van der Waals surface area contributed by atoms with Crippen molar-refractivity contribution in [1.29, 1.82) is 0 Å². The van der Waals surface area contributed by atoms with Gasteiger partial charge in [-0.25, -0.2) is 4.79 Å². The van der Waals surface area contributed by atoms with Crippen molar-refractivity contribution in [3.63, 3.8) is 0 Å². The molecule has 2 rings (SSSR count). The van der Waals surface area contributed by atoms with Gasteiger partial charge in [-0.05, 0) is 24.2 Å². The van der Waals surface area contributed by atoms with Crippen molar-refractivity contribution in [3.8, 4) is 0 Å². The van der Waals surface area contributed by atoms with Gasteiger partial charge in [-0.3, -0.25) is 0 Å². The number of alkyl halides is 1. The fourth-order valence-corrected chi connectivity index (χ4v) is 3.80. The number of halogens is 1. The summed E-state index contributed by atoms with van der Waals surface area (Å²) < 4.78 is 10.5. The molecule has 3 atom stereocenters. The molecule has 0 aromatic heterocycles. The molecule has 0 N–H and O–H groups in total. The van der Waals surface area contributed by atoms with E-state index in [0.717, 1.165) is 19.3 Å². The number of rotatable bonds is 1. The molecule has 1 aliphatic heterocycles. The SMILES string of the molecule is COC(=O)C1(Cl)OC12CCCCC2C(C)(C)C. The Balaban J connectivity index is 2.28. The number of hydrogen-bond acceptors (Lipinski definition) is 3. The molecule has 0 amide bonds. The van der Waals surface area contributed by atoms with Crippen LogP contribution in [0.4, 0.5) is 0 Å². The third kappa shape index (κ3) is 1.78. The normalized spacial score (nSPS) is 41.4. The maximum Gasteiger partial charge on any atom is 0.357 e. The van der Waals surface area contributed by atoms with Gasteiger partial charge in [-0.1, -0.05) is 45.2 Å². The van der Waals surface area contributed by atoms with E-state index in [1.807, 2.05) is 0 Å². The van der Waals surface area contributed by atoms with E-state index in [4.69, 9.17) is 21.1 Å². The first-order valence-electron chi connectivity index (χ1n) is 6.25. The number of ether oxygens (including phenoxy) is 2. The standard InChI is InChI=1S/C13H21ClO3/c1-11(2,3)9-7-5-6-8-12(9)13(14,17-12)10(15)16-4/h9H,5-8H2,1-4H3. The highest BCUT2D eigenvalue weighted by Gasteiger charge is 2.79. The zero-order valence-corrected chi connectivity index (χ0v) is 11.8. The van der Waals surface area contributed by atoms with Gasteiger partial charge in [0.15, 0.2) is 0 Å². The molecular formula is C13H21ClO3. The third-order valence-corrected chi connectivity index (χ3v) is 4.72. The second-order valence-corrected chi connectivity index (χ2v) is 6.78. The first-order valence-corrected chi connectivity index (χ1v) is 6.63. The Morgan fingerprint density at radius 2 is 2.06 bits per heavy atom. The lowest BCUT2D eigenvalue weighted by atomic mass is 9.65. The molecule has 0 aromatic carbocycles. The van der Waals surface area contributed by atoms with Crippen molar-refractivity contribution in [1.82, 2.24) is 0 Å². The Morgan fingerprint density at radius 1 is 1.41 bits per heavy atom. The molecule has 0 bridgehead atoms. The van der Waals surface area contributed by atoms with Crippen LogP contribution in [-0.2, 0) is 14.3 Å². The van der Waals surface area contributed by atoms with Gasteiger partial charge in [0.1, 0.15) is 5.60 Å². The predicted molar refractivity (Wildman–Crippen MR) is 65.8 cm³/mol. The maximum atomic E-state index is 11.8. The van der Waals surface area contributed by atoms with E-state index in [1.54, 1.807) is 0 Å². The Kier molecular flexibility index (Phi) is 2.98. The lowest BCUT2D eigenvalue weighted by molar-refractivity contribution is -0.143. The molecule has 1 saturated carbocycles. The summed E-state index contributed by atoms with van der Waals surface area (Å²) in [6, 6.07) is 0. The van der Waals surface area contributed by atoms with Crippen LogP contribution in [0.1, 0.15) is 46.5 Å². The van der Waals surface area contributed by atoms with E-state index in [9.17, 15) is 4.79 Å². The molecule has 2 fully saturated rings. The van der Waals surface area contributed by atoms with Crippen molar-refractivity contribution in [2.24, 2.45) is 11.3 Å². The molecule has 1 heterocycles. The Morgan fingerprint density at radius 3 is 2.59 bits per heavy atom.